The van der Waals surface area contributed by atoms with Gasteiger partial charge in [-0.2, -0.15) is 0 Å². The van der Waals surface area contributed by atoms with Crippen molar-refractivity contribution in [2.24, 2.45) is 21.7 Å². The quantitative estimate of drug-likeness (QED) is 0.441. The van der Waals surface area contributed by atoms with Crippen LogP contribution in [0, 0.1) is 5.82 Å². The third-order valence-corrected chi connectivity index (χ3v) is 3.04. The Morgan fingerprint density at radius 3 is 2.30 bits per heavy atom. The third kappa shape index (κ3) is 4.63. The van der Waals surface area contributed by atoms with Crippen LogP contribution in [0.2, 0.25) is 0 Å². The van der Waals surface area contributed by atoms with E-state index in [-0.39, 0.29) is 17.6 Å². The maximum absolute atomic E-state index is 12.8. The number of amides is 1. The van der Waals surface area contributed by atoms with Crippen LogP contribution in [0.5, 0.6) is 0 Å². The molecule has 0 radical (unpaired) electrons. The van der Waals surface area contributed by atoms with E-state index in [4.69, 9.17) is 11.5 Å². The summed E-state index contributed by atoms with van der Waals surface area (Å²) in [7, 11) is 0. The van der Waals surface area contributed by atoms with Gasteiger partial charge in [0.05, 0.1) is 0 Å². The van der Waals surface area contributed by atoms with Crippen molar-refractivity contribution in [1.29, 1.82) is 0 Å². The molecule has 0 aromatic heterocycles. The molecule has 7 heteroatoms. The molecule has 2 aromatic rings. The van der Waals surface area contributed by atoms with E-state index < -0.39 is 0 Å². The molecular weight excluding hydrogens is 297 g/mol. The Bertz CT molecular complexity index is 723. The third-order valence-electron chi connectivity index (χ3n) is 3.04. The fourth-order valence-electron chi connectivity index (χ4n) is 1.83. The van der Waals surface area contributed by atoms with Gasteiger partial charge in [0.25, 0.3) is 5.91 Å². The zero-order valence-electron chi connectivity index (χ0n) is 12.2. The van der Waals surface area contributed by atoms with Gasteiger partial charge in [-0.3, -0.25) is 4.79 Å². The van der Waals surface area contributed by atoms with Crippen molar-refractivity contribution in [2.75, 3.05) is 0 Å². The molecule has 0 aliphatic carbocycles. The number of amidine groups is 1. The molecule has 0 heterocycles. The van der Waals surface area contributed by atoms with Crippen molar-refractivity contribution >= 4 is 18.1 Å². The minimum absolute atomic E-state index is 0.244. The molecule has 118 valence electrons. The highest BCUT2D eigenvalue weighted by Crippen LogP contribution is 2.06. The van der Waals surface area contributed by atoms with Crippen LogP contribution in [-0.4, -0.2) is 18.1 Å². The summed E-state index contributed by atoms with van der Waals surface area (Å²) in [5.41, 5.74) is 12.8. The Labute approximate surface area is 132 Å². The number of halogens is 1. The number of nitrogens with zero attached hydrogens (tertiary/aromatic N) is 2. The van der Waals surface area contributed by atoms with E-state index in [2.05, 4.69) is 15.5 Å². The second-order valence-electron chi connectivity index (χ2n) is 4.64. The standard InChI is InChI=1S/C16H16FN5O/c17-14-7-5-13(6-8-14)16(23)20-9-11-1-3-12(4-2-11)15(19)22-21-10-18/h1-8,10H,9H2,(H2,18,21)(H2,19,22)(H,20,23). The lowest BCUT2D eigenvalue weighted by atomic mass is 10.1. The van der Waals surface area contributed by atoms with Gasteiger partial charge in [-0.1, -0.05) is 24.3 Å². The minimum Gasteiger partial charge on any atom is -0.388 e. The number of nitrogens with one attached hydrogen (secondary N) is 1. The van der Waals surface area contributed by atoms with Crippen molar-refractivity contribution in [3.63, 3.8) is 0 Å². The average molecular weight is 313 g/mol. The summed E-state index contributed by atoms with van der Waals surface area (Å²) in [6, 6.07) is 12.5. The Hall–Kier alpha value is -3.22. The fourth-order valence-corrected chi connectivity index (χ4v) is 1.83. The zero-order chi connectivity index (χ0) is 16.7. The van der Waals surface area contributed by atoms with Crippen molar-refractivity contribution in [3.05, 3.63) is 71.0 Å². The number of hydrogen-bond acceptors (Lipinski definition) is 3. The summed E-state index contributed by atoms with van der Waals surface area (Å²) in [6.45, 7) is 0.342. The number of hydrogen-bond donors (Lipinski definition) is 3. The van der Waals surface area contributed by atoms with Gasteiger partial charge in [-0.25, -0.2) is 4.39 Å². The molecule has 1 amide bonds. The topological polar surface area (TPSA) is 106 Å². The smallest absolute Gasteiger partial charge is 0.251 e. The lowest BCUT2D eigenvalue weighted by Gasteiger charge is -2.06. The maximum Gasteiger partial charge on any atom is 0.251 e. The summed E-state index contributed by atoms with van der Waals surface area (Å²) < 4.78 is 12.8. The van der Waals surface area contributed by atoms with Gasteiger partial charge in [0.2, 0.25) is 0 Å². The molecule has 0 aliphatic heterocycles. The van der Waals surface area contributed by atoms with Crippen molar-refractivity contribution < 1.29 is 9.18 Å². The summed E-state index contributed by atoms with van der Waals surface area (Å²) in [5, 5.41) is 9.96. The molecule has 0 saturated carbocycles. The molecule has 0 aliphatic rings. The van der Waals surface area contributed by atoms with Crippen molar-refractivity contribution in [2.45, 2.75) is 6.54 Å². The highest BCUT2D eigenvalue weighted by molar-refractivity contribution is 5.97. The highest BCUT2D eigenvalue weighted by Gasteiger charge is 2.05. The number of carbonyl (C=O) groups is 1. The lowest BCUT2D eigenvalue weighted by molar-refractivity contribution is 0.0951. The predicted octanol–water partition coefficient (Wildman–Crippen LogP) is 1.36. The van der Waals surface area contributed by atoms with Gasteiger partial charge in [-0.15, -0.1) is 10.2 Å². The van der Waals surface area contributed by atoms with E-state index in [1.807, 2.05) is 12.1 Å². The number of benzene rings is 2. The van der Waals surface area contributed by atoms with Crippen molar-refractivity contribution in [1.82, 2.24) is 5.32 Å². The highest BCUT2D eigenvalue weighted by atomic mass is 19.1. The molecule has 0 atom stereocenters. The molecule has 2 aromatic carbocycles. The van der Waals surface area contributed by atoms with E-state index in [0.29, 0.717) is 17.7 Å². The molecular formula is C16H16FN5O. The molecule has 0 spiro atoms. The van der Waals surface area contributed by atoms with Crippen LogP contribution >= 0.6 is 0 Å². The SMILES string of the molecule is N/C=N\N=C(/N)c1ccc(CNC(=O)c2ccc(F)cc2)cc1. The van der Waals surface area contributed by atoms with Crippen LogP contribution in [0.25, 0.3) is 0 Å². The summed E-state index contributed by atoms with van der Waals surface area (Å²) in [5.74, 6) is -0.406. The van der Waals surface area contributed by atoms with Gasteiger partial charge in [0, 0.05) is 17.7 Å². The average Bonchev–Trinajstić information content (AvgIpc) is 2.58. The molecule has 23 heavy (non-hydrogen) atoms. The summed E-state index contributed by atoms with van der Waals surface area (Å²) >= 11 is 0. The monoisotopic (exact) mass is 313 g/mol. The molecule has 5 N–H and O–H groups in total. The molecule has 2 rings (SSSR count). The first-order valence-electron chi connectivity index (χ1n) is 6.80. The van der Waals surface area contributed by atoms with Crippen LogP contribution < -0.4 is 16.8 Å². The first-order chi connectivity index (χ1) is 11.1. The molecule has 0 saturated heterocycles. The van der Waals surface area contributed by atoms with E-state index >= 15 is 0 Å². The Balaban J connectivity index is 1.96. The Morgan fingerprint density at radius 2 is 1.70 bits per heavy atom. The van der Waals surface area contributed by atoms with Gasteiger partial charge < -0.3 is 16.8 Å². The van der Waals surface area contributed by atoms with Crippen LogP contribution in [0.3, 0.4) is 0 Å². The number of carbonyl (C=O) groups excluding carboxylic acids is 1. The van der Waals surface area contributed by atoms with E-state index in [9.17, 15) is 9.18 Å². The van der Waals surface area contributed by atoms with Gasteiger partial charge in [0.15, 0.2) is 5.84 Å². The van der Waals surface area contributed by atoms with Gasteiger partial charge in [-0.05, 0) is 29.8 Å². The predicted molar refractivity (Wildman–Crippen MR) is 87.4 cm³/mol. The van der Waals surface area contributed by atoms with E-state index in [0.717, 1.165) is 11.9 Å². The summed E-state index contributed by atoms with van der Waals surface area (Å²) in [4.78, 5) is 11.9. The molecule has 0 bridgehead atoms. The van der Waals surface area contributed by atoms with Gasteiger partial charge in [0.1, 0.15) is 12.2 Å². The fraction of sp³-hybridized carbons (Fsp3) is 0.0625. The largest absolute Gasteiger partial charge is 0.388 e. The van der Waals surface area contributed by atoms with Gasteiger partial charge >= 0.3 is 0 Å². The molecule has 0 fully saturated rings. The summed E-state index contributed by atoms with van der Waals surface area (Å²) in [6.07, 6.45) is 1.05. The van der Waals surface area contributed by atoms with Crippen molar-refractivity contribution in [3.8, 4) is 0 Å². The first kappa shape index (κ1) is 16.2. The van der Waals surface area contributed by atoms with Crippen LogP contribution in [0.15, 0.2) is 58.7 Å². The Kier molecular flexibility index (Phi) is 5.40. The lowest BCUT2D eigenvalue weighted by Crippen LogP contribution is -2.22. The maximum atomic E-state index is 12.8. The minimum atomic E-state index is -0.379. The second-order valence-corrected chi connectivity index (χ2v) is 4.64. The first-order valence-corrected chi connectivity index (χ1v) is 6.80. The van der Waals surface area contributed by atoms with Crippen LogP contribution in [0.4, 0.5) is 4.39 Å². The Morgan fingerprint density at radius 1 is 1.09 bits per heavy atom. The number of nitrogens with two attached hydrogens (primary N) is 2. The van der Waals surface area contributed by atoms with E-state index in [1.165, 1.54) is 24.3 Å². The van der Waals surface area contributed by atoms with Crippen LogP contribution in [-0.2, 0) is 6.54 Å². The second kappa shape index (κ2) is 7.69. The zero-order valence-corrected chi connectivity index (χ0v) is 12.2. The molecule has 0 unspecified atom stereocenters. The normalized spacial score (nSPS) is 11.6. The van der Waals surface area contributed by atoms with Crippen LogP contribution in [0.1, 0.15) is 21.5 Å². The van der Waals surface area contributed by atoms with E-state index in [1.54, 1.807) is 12.1 Å². The number of rotatable bonds is 5. The molecule has 6 nitrogen and oxygen atoms in total.